The largest absolute Gasteiger partial charge is 0.295 e. The quantitative estimate of drug-likeness (QED) is 0.591. The average Bonchev–Trinajstić information content (AvgIpc) is 2.05. The lowest BCUT2D eigenvalue weighted by Gasteiger charge is -1.95. The van der Waals surface area contributed by atoms with E-state index in [1.54, 1.807) is 24.3 Å². The summed E-state index contributed by atoms with van der Waals surface area (Å²) < 4.78 is 0. The summed E-state index contributed by atoms with van der Waals surface area (Å²) >= 11 is 0. The van der Waals surface area contributed by atoms with Gasteiger partial charge in [-0.3, -0.25) is 4.79 Å². The first-order chi connectivity index (χ1) is 5.24. The number of hydrogen-bond donors (Lipinski definition) is 0. The van der Waals surface area contributed by atoms with Crippen LogP contribution in [0.15, 0.2) is 24.3 Å². The monoisotopic (exact) mass is 149 g/mol. The van der Waals surface area contributed by atoms with E-state index in [0.29, 0.717) is 5.56 Å². The van der Waals surface area contributed by atoms with Gasteiger partial charge in [0.2, 0.25) is 0 Å². The molecule has 1 radical (unpaired) electrons. The molecule has 1 aromatic rings. The molecule has 0 N–H and O–H groups in total. The van der Waals surface area contributed by atoms with Crippen molar-refractivity contribution < 1.29 is 9.90 Å². The highest BCUT2D eigenvalue weighted by atomic mass is 16.3. The van der Waals surface area contributed by atoms with Crippen LogP contribution in [-0.2, 0) is 11.7 Å². The summed E-state index contributed by atoms with van der Waals surface area (Å²) in [6.45, 7) is 1.28. The van der Waals surface area contributed by atoms with Crippen molar-refractivity contribution in [3.05, 3.63) is 35.4 Å². The van der Waals surface area contributed by atoms with Crippen LogP contribution in [0.3, 0.4) is 0 Å². The normalized spacial score (nSPS) is 9.64. The van der Waals surface area contributed by atoms with Gasteiger partial charge in [0.25, 0.3) is 0 Å². The van der Waals surface area contributed by atoms with Crippen LogP contribution in [-0.4, -0.2) is 5.78 Å². The molecule has 11 heavy (non-hydrogen) atoms. The van der Waals surface area contributed by atoms with Gasteiger partial charge in [0.15, 0.2) is 5.78 Å². The van der Waals surface area contributed by atoms with Crippen LogP contribution in [0, 0.1) is 0 Å². The van der Waals surface area contributed by atoms with Crippen molar-refractivity contribution in [1.29, 1.82) is 0 Å². The fraction of sp³-hybridized carbons (Fsp3) is 0.222. The second kappa shape index (κ2) is 3.30. The molecular weight excluding hydrogens is 140 g/mol. The Morgan fingerprint density at radius 1 is 1.27 bits per heavy atom. The molecule has 0 aliphatic heterocycles. The van der Waals surface area contributed by atoms with Crippen LogP contribution < -0.4 is 0 Å². The third-order valence-electron chi connectivity index (χ3n) is 1.53. The van der Waals surface area contributed by atoms with Crippen molar-refractivity contribution in [2.24, 2.45) is 0 Å². The van der Waals surface area contributed by atoms with Crippen molar-refractivity contribution in [3.8, 4) is 0 Å². The minimum atomic E-state index is -0.224. The summed E-state index contributed by atoms with van der Waals surface area (Å²) in [6.07, 6.45) is 0. The van der Waals surface area contributed by atoms with Crippen molar-refractivity contribution >= 4 is 5.78 Å². The number of ketones is 1. The molecule has 0 heterocycles. The van der Waals surface area contributed by atoms with Crippen LogP contribution in [0.5, 0.6) is 0 Å². The van der Waals surface area contributed by atoms with Crippen molar-refractivity contribution in [1.82, 2.24) is 0 Å². The van der Waals surface area contributed by atoms with Gasteiger partial charge in [-0.05, 0) is 12.5 Å². The minimum Gasteiger partial charge on any atom is -0.295 e. The molecule has 0 aliphatic carbocycles. The van der Waals surface area contributed by atoms with E-state index in [1.807, 2.05) is 0 Å². The molecule has 0 saturated heterocycles. The highest BCUT2D eigenvalue weighted by Gasteiger charge is 1.97. The number of carbonyl (C=O) groups is 1. The molecule has 57 valence electrons. The fourth-order valence-corrected chi connectivity index (χ4v) is 0.836. The Morgan fingerprint density at radius 3 is 2.18 bits per heavy atom. The SMILES string of the molecule is CC(=O)c1ccc(C[O])cc1. The van der Waals surface area contributed by atoms with Gasteiger partial charge in [-0.25, -0.2) is 5.11 Å². The van der Waals surface area contributed by atoms with E-state index in [9.17, 15) is 9.90 Å². The standard InChI is InChI=1S/C9H9O2/c1-7(11)9-4-2-8(6-10)3-5-9/h2-5H,6H2,1H3. The maximum atomic E-state index is 10.8. The first-order valence-corrected chi connectivity index (χ1v) is 3.42. The van der Waals surface area contributed by atoms with E-state index in [0.717, 1.165) is 5.56 Å². The maximum absolute atomic E-state index is 10.8. The Balaban J connectivity index is 2.91. The Hall–Kier alpha value is -1.15. The summed E-state index contributed by atoms with van der Waals surface area (Å²) in [5.41, 5.74) is 1.37. The maximum Gasteiger partial charge on any atom is 0.159 e. The molecule has 0 amide bonds. The van der Waals surface area contributed by atoms with E-state index in [-0.39, 0.29) is 12.4 Å². The Morgan fingerprint density at radius 2 is 1.82 bits per heavy atom. The van der Waals surface area contributed by atoms with Crippen LogP contribution in [0.2, 0.25) is 0 Å². The molecule has 0 aliphatic rings. The van der Waals surface area contributed by atoms with Crippen molar-refractivity contribution in [3.63, 3.8) is 0 Å². The predicted molar refractivity (Wildman–Crippen MR) is 40.8 cm³/mol. The molecule has 0 unspecified atom stereocenters. The molecular formula is C9H9O2. The Kier molecular flexibility index (Phi) is 2.39. The van der Waals surface area contributed by atoms with Crippen molar-refractivity contribution in [2.75, 3.05) is 0 Å². The van der Waals surface area contributed by atoms with E-state index < -0.39 is 0 Å². The smallest absolute Gasteiger partial charge is 0.159 e. The number of rotatable bonds is 2. The molecule has 0 aromatic heterocycles. The Labute approximate surface area is 65.5 Å². The molecule has 0 saturated carbocycles. The van der Waals surface area contributed by atoms with Crippen LogP contribution >= 0.6 is 0 Å². The lowest BCUT2D eigenvalue weighted by molar-refractivity contribution is 0.101. The topological polar surface area (TPSA) is 37.0 Å². The van der Waals surface area contributed by atoms with Gasteiger partial charge < -0.3 is 0 Å². The minimum absolute atomic E-state index is 0.0300. The fourth-order valence-electron chi connectivity index (χ4n) is 0.836. The number of Topliss-reactive ketones (excluding diaryl/α,β-unsaturated/α-hetero) is 1. The molecule has 0 spiro atoms. The summed E-state index contributed by atoms with van der Waals surface area (Å²) in [4.78, 5) is 10.8. The number of benzene rings is 1. The van der Waals surface area contributed by atoms with Gasteiger partial charge in [0.05, 0.1) is 0 Å². The van der Waals surface area contributed by atoms with Gasteiger partial charge in [0, 0.05) is 5.56 Å². The van der Waals surface area contributed by atoms with E-state index in [2.05, 4.69) is 0 Å². The van der Waals surface area contributed by atoms with Crippen molar-refractivity contribution in [2.45, 2.75) is 13.5 Å². The van der Waals surface area contributed by atoms with Gasteiger partial charge in [-0.1, -0.05) is 24.3 Å². The van der Waals surface area contributed by atoms with Gasteiger partial charge in [-0.15, -0.1) is 0 Å². The molecule has 1 aromatic carbocycles. The number of hydrogen-bond acceptors (Lipinski definition) is 1. The lowest BCUT2D eigenvalue weighted by Crippen LogP contribution is -1.91. The molecule has 0 bridgehead atoms. The lowest BCUT2D eigenvalue weighted by atomic mass is 10.1. The zero-order valence-electron chi connectivity index (χ0n) is 6.33. The zero-order valence-corrected chi connectivity index (χ0v) is 6.33. The Bertz CT molecular complexity index is 249. The first-order valence-electron chi connectivity index (χ1n) is 3.42. The average molecular weight is 149 g/mol. The molecule has 2 nitrogen and oxygen atoms in total. The van der Waals surface area contributed by atoms with Crippen LogP contribution in [0.1, 0.15) is 22.8 Å². The highest BCUT2D eigenvalue weighted by molar-refractivity contribution is 5.93. The summed E-state index contributed by atoms with van der Waals surface area (Å²) in [5, 5.41) is 10.3. The van der Waals surface area contributed by atoms with Crippen LogP contribution in [0.25, 0.3) is 0 Å². The molecule has 0 atom stereocenters. The molecule has 0 fully saturated rings. The zero-order chi connectivity index (χ0) is 8.27. The first kappa shape index (κ1) is 7.95. The molecule has 1 rings (SSSR count). The third kappa shape index (κ3) is 1.88. The predicted octanol–water partition coefficient (Wildman–Crippen LogP) is 1.82. The highest BCUT2D eigenvalue weighted by Crippen LogP contribution is 2.04. The number of carbonyl (C=O) groups excluding carboxylic acids is 1. The van der Waals surface area contributed by atoms with E-state index >= 15 is 0 Å². The molecule has 2 heteroatoms. The van der Waals surface area contributed by atoms with Crippen LogP contribution in [0.4, 0.5) is 0 Å². The second-order valence-corrected chi connectivity index (χ2v) is 2.40. The summed E-state index contributed by atoms with van der Waals surface area (Å²) in [5.74, 6) is 0.0300. The van der Waals surface area contributed by atoms with Gasteiger partial charge in [-0.2, -0.15) is 0 Å². The van der Waals surface area contributed by atoms with E-state index in [1.165, 1.54) is 6.92 Å². The summed E-state index contributed by atoms with van der Waals surface area (Å²) in [7, 11) is 0. The van der Waals surface area contributed by atoms with Gasteiger partial charge >= 0.3 is 0 Å². The van der Waals surface area contributed by atoms with Gasteiger partial charge in [0.1, 0.15) is 6.61 Å². The third-order valence-corrected chi connectivity index (χ3v) is 1.53. The summed E-state index contributed by atoms with van der Waals surface area (Å²) in [6, 6.07) is 6.72. The second-order valence-electron chi connectivity index (χ2n) is 2.40. The van der Waals surface area contributed by atoms with E-state index in [4.69, 9.17) is 0 Å².